The molecule has 0 radical (unpaired) electrons. The fourth-order valence-electron chi connectivity index (χ4n) is 7.82. The van der Waals surface area contributed by atoms with Gasteiger partial charge in [0.25, 0.3) is 0 Å². The van der Waals surface area contributed by atoms with E-state index in [2.05, 4.69) is 13.8 Å². The molecule has 4 fully saturated rings. The van der Waals surface area contributed by atoms with Gasteiger partial charge in [-0.15, -0.1) is 0 Å². The minimum absolute atomic E-state index is 0.0216. The van der Waals surface area contributed by atoms with Crippen molar-refractivity contribution in [2.75, 3.05) is 0 Å². The summed E-state index contributed by atoms with van der Waals surface area (Å²) in [5, 5.41) is 21.2. The van der Waals surface area contributed by atoms with Gasteiger partial charge in [0.2, 0.25) is 0 Å². The zero-order chi connectivity index (χ0) is 21.1. The third-order valence-electron chi connectivity index (χ3n) is 9.28. The van der Waals surface area contributed by atoms with E-state index < -0.39 is 11.5 Å². The van der Waals surface area contributed by atoms with Gasteiger partial charge in [-0.3, -0.25) is 9.59 Å². The lowest BCUT2D eigenvalue weighted by Gasteiger charge is -2.63. The number of hydrogen-bond acceptors (Lipinski definition) is 6. The summed E-state index contributed by atoms with van der Waals surface area (Å²) in [5.41, 5.74) is -0.490. The average molecular weight is 409 g/mol. The molecule has 0 saturated heterocycles. The van der Waals surface area contributed by atoms with Crippen LogP contribution in [-0.2, 0) is 19.1 Å². The molecule has 0 aliphatic heterocycles. The molecule has 4 aliphatic rings. The van der Waals surface area contributed by atoms with Gasteiger partial charge in [-0.1, -0.05) is 13.8 Å². The minimum atomic E-state index is -0.519. The second-order valence-electron chi connectivity index (χ2n) is 10.6. The number of aliphatic hydroxyl groups excluding tert-OH is 2. The zero-order valence-electron chi connectivity index (χ0n) is 18.1. The Morgan fingerprint density at radius 2 is 1.59 bits per heavy atom. The van der Waals surface area contributed by atoms with Crippen molar-refractivity contribution in [3.05, 3.63) is 0 Å². The molecule has 0 heterocycles. The molecule has 10 atom stereocenters. The fourth-order valence-corrected chi connectivity index (χ4v) is 7.82. The van der Waals surface area contributed by atoms with Crippen LogP contribution in [0.5, 0.6) is 0 Å². The Bertz CT molecular complexity index is 678. The first-order valence-corrected chi connectivity index (χ1v) is 11.3. The number of aliphatic hydroxyl groups is 2. The van der Waals surface area contributed by atoms with E-state index in [9.17, 15) is 19.8 Å². The average Bonchev–Trinajstić information content (AvgIpc) is 2.92. The van der Waals surface area contributed by atoms with Crippen LogP contribution in [0.1, 0.15) is 72.6 Å². The second-order valence-corrected chi connectivity index (χ2v) is 10.6. The molecular formula is C23H36O6. The molecule has 0 unspecified atom stereocenters. The first-order chi connectivity index (χ1) is 13.6. The molecule has 6 nitrogen and oxygen atoms in total. The van der Waals surface area contributed by atoms with Crippen molar-refractivity contribution in [1.29, 1.82) is 0 Å². The van der Waals surface area contributed by atoms with Crippen molar-refractivity contribution < 1.29 is 29.3 Å². The Hall–Kier alpha value is -1.14. The molecule has 0 aromatic carbocycles. The maximum Gasteiger partial charge on any atom is 0.302 e. The highest BCUT2D eigenvalue weighted by Gasteiger charge is 2.67. The highest BCUT2D eigenvalue weighted by atomic mass is 16.5. The van der Waals surface area contributed by atoms with E-state index in [0.717, 1.165) is 32.1 Å². The van der Waals surface area contributed by atoms with Gasteiger partial charge < -0.3 is 19.7 Å². The highest BCUT2D eigenvalue weighted by Crippen LogP contribution is 2.67. The molecular weight excluding hydrogens is 372 g/mol. The second kappa shape index (κ2) is 7.23. The summed E-state index contributed by atoms with van der Waals surface area (Å²) in [4.78, 5) is 23.9. The quantitative estimate of drug-likeness (QED) is 0.683. The van der Waals surface area contributed by atoms with E-state index in [-0.39, 0.29) is 59.3 Å². The molecule has 6 heteroatoms. The van der Waals surface area contributed by atoms with Gasteiger partial charge in [0.15, 0.2) is 0 Å². The van der Waals surface area contributed by atoms with Gasteiger partial charge >= 0.3 is 11.9 Å². The van der Waals surface area contributed by atoms with Crippen LogP contribution >= 0.6 is 0 Å². The van der Waals surface area contributed by atoms with Crippen molar-refractivity contribution in [2.45, 2.75) is 97.1 Å². The zero-order valence-corrected chi connectivity index (χ0v) is 18.1. The topological polar surface area (TPSA) is 93.1 Å². The summed E-state index contributed by atoms with van der Waals surface area (Å²) < 4.78 is 11.7. The van der Waals surface area contributed by atoms with Crippen molar-refractivity contribution in [1.82, 2.24) is 0 Å². The number of hydrogen-bond donors (Lipinski definition) is 2. The largest absolute Gasteiger partial charge is 0.462 e. The summed E-state index contributed by atoms with van der Waals surface area (Å²) >= 11 is 0. The Labute approximate surface area is 173 Å². The first kappa shape index (κ1) is 21.1. The number of fused-ring (bicyclic) bond motifs is 5. The van der Waals surface area contributed by atoms with Crippen molar-refractivity contribution in [2.24, 2.45) is 34.5 Å². The van der Waals surface area contributed by atoms with Crippen molar-refractivity contribution in [3.8, 4) is 0 Å². The molecule has 0 spiro atoms. The first-order valence-electron chi connectivity index (χ1n) is 11.3. The SMILES string of the molecule is CC(=O)O[C@H]1C[C@H]2[C@@H]([C@H](OC(C)=O)C[C@@H]3C[C@H](O)CC[C@@]32C)[C@@H]2CC[C@H](O)[C@@]12C. The van der Waals surface area contributed by atoms with E-state index in [1.165, 1.54) is 13.8 Å². The summed E-state index contributed by atoms with van der Waals surface area (Å²) in [6.07, 6.45) is 4.13. The van der Waals surface area contributed by atoms with Crippen LogP contribution in [0.15, 0.2) is 0 Å². The third-order valence-corrected chi connectivity index (χ3v) is 9.28. The normalized spacial score (nSPS) is 51.4. The smallest absolute Gasteiger partial charge is 0.302 e. The van der Waals surface area contributed by atoms with Gasteiger partial charge in [-0.05, 0) is 68.1 Å². The lowest BCUT2D eigenvalue weighted by molar-refractivity contribution is -0.225. The van der Waals surface area contributed by atoms with Crippen LogP contribution in [0, 0.1) is 34.5 Å². The van der Waals surface area contributed by atoms with Crippen LogP contribution in [-0.4, -0.2) is 46.6 Å². The number of carbonyl (C=O) groups is 2. The van der Waals surface area contributed by atoms with Crippen molar-refractivity contribution >= 4 is 11.9 Å². The summed E-state index contributed by atoms with van der Waals surface area (Å²) in [6, 6.07) is 0. The molecule has 0 aromatic heterocycles. The molecule has 4 rings (SSSR count). The van der Waals surface area contributed by atoms with Gasteiger partial charge in [-0.25, -0.2) is 0 Å². The minimum Gasteiger partial charge on any atom is -0.462 e. The summed E-state index contributed by atoms with van der Waals surface area (Å²) in [6.45, 7) is 7.29. The van der Waals surface area contributed by atoms with Gasteiger partial charge in [0, 0.05) is 25.2 Å². The van der Waals surface area contributed by atoms with Crippen molar-refractivity contribution in [3.63, 3.8) is 0 Å². The molecule has 164 valence electrons. The number of esters is 2. The summed E-state index contributed by atoms with van der Waals surface area (Å²) in [7, 11) is 0. The number of carbonyl (C=O) groups excluding carboxylic acids is 2. The number of rotatable bonds is 2. The van der Waals surface area contributed by atoms with E-state index in [1.54, 1.807) is 0 Å². The van der Waals surface area contributed by atoms with E-state index >= 15 is 0 Å². The highest BCUT2D eigenvalue weighted by molar-refractivity contribution is 5.66. The predicted molar refractivity (Wildman–Crippen MR) is 106 cm³/mol. The van der Waals surface area contributed by atoms with E-state index in [0.29, 0.717) is 12.8 Å². The molecule has 29 heavy (non-hydrogen) atoms. The van der Waals surface area contributed by atoms with E-state index in [1.807, 2.05) is 0 Å². The Morgan fingerprint density at radius 3 is 2.24 bits per heavy atom. The van der Waals surface area contributed by atoms with Crippen LogP contribution in [0.3, 0.4) is 0 Å². The van der Waals surface area contributed by atoms with Crippen LogP contribution in [0.4, 0.5) is 0 Å². The van der Waals surface area contributed by atoms with Crippen LogP contribution < -0.4 is 0 Å². The predicted octanol–water partition coefficient (Wildman–Crippen LogP) is 2.83. The van der Waals surface area contributed by atoms with Gasteiger partial charge in [-0.2, -0.15) is 0 Å². The lowest BCUT2D eigenvalue weighted by Crippen LogP contribution is -2.63. The van der Waals surface area contributed by atoms with Crippen LogP contribution in [0.25, 0.3) is 0 Å². The molecule has 2 N–H and O–H groups in total. The van der Waals surface area contributed by atoms with Gasteiger partial charge in [0.05, 0.1) is 12.2 Å². The monoisotopic (exact) mass is 408 g/mol. The number of ether oxygens (including phenoxy) is 2. The van der Waals surface area contributed by atoms with Crippen LogP contribution in [0.2, 0.25) is 0 Å². The lowest BCUT2D eigenvalue weighted by atomic mass is 9.43. The maximum atomic E-state index is 11.9. The maximum absolute atomic E-state index is 11.9. The molecule has 0 bridgehead atoms. The molecule has 0 amide bonds. The summed E-state index contributed by atoms with van der Waals surface area (Å²) in [5.74, 6) is 0.256. The third kappa shape index (κ3) is 3.21. The molecule has 4 aliphatic carbocycles. The fraction of sp³-hybridized carbons (Fsp3) is 0.913. The molecule has 4 saturated carbocycles. The Balaban J connectivity index is 1.76. The Morgan fingerprint density at radius 1 is 0.897 bits per heavy atom. The molecule has 0 aromatic rings. The standard InChI is InChI=1S/C23H36O6/c1-12(24)28-18-10-14-9-15(26)7-8-22(14,3)17-11-20(29-13(2)25)23(4)16(21(17)18)5-6-19(23)27/h14-21,26-27H,5-11H2,1-4H3/t14-,15+,16-,17-,18+,19-,20-,21-,22-,23-/m0/s1. The van der Waals surface area contributed by atoms with E-state index in [4.69, 9.17) is 9.47 Å². The Kier molecular flexibility index (Phi) is 5.26. The van der Waals surface area contributed by atoms with Gasteiger partial charge in [0.1, 0.15) is 12.2 Å².